The molecule has 0 fully saturated rings. The van der Waals surface area contributed by atoms with E-state index in [9.17, 15) is 4.79 Å². The number of nitrogens with zero attached hydrogens (tertiary/aromatic N) is 1. The number of nitriles is 1. The van der Waals surface area contributed by atoms with Gasteiger partial charge >= 0.3 is 0 Å². The Hall–Kier alpha value is -1.86. The zero-order valence-electron chi connectivity index (χ0n) is 7.16. The summed E-state index contributed by atoms with van der Waals surface area (Å²) in [6.07, 6.45) is 0. The van der Waals surface area contributed by atoms with E-state index in [4.69, 9.17) is 11.1 Å². The molecule has 1 aromatic carbocycles. The van der Waals surface area contributed by atoms with Gasteiger partial charge < -0.3 is 0 Å². The van der Waals surface area contributed by atoms with Crippen LogP contribution in [0.5, 0.6) is 0 Å². The molecule has 0 saturated heterocycles. The first-order valence-electron chi connectivity index (χ1n) is 3.70. The molecule has 0 bridgehead atoms. The molecule has 4 nitrogen and oxygen atoms in total. The van der Waals surface area contributed by atoms with Crippen molar-refractivity contribution in [3.05, 3.63) is 34.9 Å². The fourth-order valence-electron chi connectivity index (χ4n) is 0.967. The van der Waals surface area contributed by atoms with E-state index in [-0.39, 0.29) is 0 Å². The molecule has 1 aromatic rings. The SMILES string of the molecule is Cc1ccc(C(=O)NN)cc1C#N. The van der Waals surface area contributed by atoms with E-state index in [0.29, 0.717) is 11.1 Å². The molecule has 4 heteroatoms. The van der Waals surface area contributed by atoms with Crippen LogP contribution in [0, 0.1) is 18.3 Å². The van der Waals surface area contributed by atoms with E-state index in [2.05, 4.69) is 0 Å². The van der Waals surface area contributed by atoms with E-state index in [1.165, 1.54) is 6.07 Å². The van der Waals surface area contributed by atoms with E-state index in [1.54, 1.807) is 12.1 Å². The van der Waals surface area contributed by atoms with Gasteiger partial charge in [-0.1, -0.05) is 6.07 Å². The van der Waals surface area contributed by atoms with Crippen LogP contribution < -0.4 is 11.3 Å². The summed E-state index contributed by atoms with van der Waals surface area (Å²) in [6, 6.07) is 6.84. The lowest BCUT2D eigenvalue weighted by Gasteiger charge is -2.01. The van der Waals surface area contributed by atoms with Crippen LogP contribution >= 0.6 is 0 Å². The van der Waals surface area contributed by atoms with Crippen LogP contribution in [0.25, 0.3) is 0 Å². The van der Waals surface area contributed by atoms with Crippen molar-refractivity contribution in [2.45, 2.75) is 6.92 Å². The predicted octanol–water partition coefficient (Wildman–Crippen LogP) is 0.470. The summed E-state index contributed by atoms with van der Waals surface area (Å²) in [7, 11) is 0. The molecule has 0 unspecified atom stereocenters. The molecule has 0 atom stereocenters. The Kier molecular flexibility index (Phi) is 2.62. The second-order valence-electron chi connectivity index (χ2n) is 2.61. The van der Waals surface area contributed by atoms with Gasteiger partial charge in [-0.15, -0.1) is 0 Å². The summed E-state index contributed by atoms with van der Waals surface area (Å²) in [6.45, 7) is 1.81. The van der Waals surface area contributed by atoms with Gasteiger partial charge in [-0.3, -0.25) is 10.2 Å². The minimum Gasteiger partial charge on any atom is -0.290 e. The fraction of sp³-hybridized carbons (Fsp3) is 0.111. The molecule has 3 N–H and O–H groups in total. The number of nitrogens with one attached hydrogen (secondary N) is 1. The van der Waals surface area contributed by atoms with Gasteiger partial charge in [-0.05, 0) is 24.6 Å². The minimum absolute atomic E-state index is 0.392. The molecule has 1 rings (SSSR count). The molecule has 0 spiro atoms. The van der Waals surface area contributed by atoms with Gasteiger partial charge in [-0.2, -0.15) is 5.26 Å². The van der Waals surface area contributed by atoms with Crippen molar-refractivity contribution in [2.24, 2.45) is 5.84 Å². The molecule has 0 heterocycles. The summed E-state index contributed by atoms with van der Waals surface area (Å²) in [4.78, 5) is 11.0. The maximum Gasteiger partial charge on any atom is 0.265 e. The molecular weight excluding hydrogens is 166 g/mol. The van der Waals surface area contributed by atoms with Crippen LogP contribution in [0.2, 0.25) is 0 Å². The van der Waals surface area contributed by atoms with Gasteiger partial charge in [0.1, 0.15) is 0 Å². The average Bonchev–Trinajstić information content (AvgIpc) is 2.17. The monoisotopic (exact) mass is 175 g/mol. The van der Waals surface area contributed by atoms with Crippen molar-refractivity contribution >= 4 is 5.91 Å². The molecule has 0 aliphatic carbocycles. The summed E-state index contributed by atoms with van der Waals surface area (Å²) >= 11 is 0. The number of carbonyl (C=O) groups excluding carboxylic acids is 1. The first-order valence-corrected chi connectivity index (χ1v) is 3.70. The lowest BCUT2D eigenvalue weighted by Crippen LogP contribution is -2.30. The molecule has 0 radical (unpaired) electrons. The van der Waals surface area contributed by atoms with Crippen molar-refractivity contribution < 1.29 is 4.79 Å². The number of hydrazine groups is 1. The third-order valence-electron chi connectivity index (χ3n) is 1.75. The van der Waals surface area contributed by atoms with Crippen LogP contribution in [-0.2, 0) is 0 Å². The van der Waals surface area contributed by atoms with E-state index in [0.717, 1.165) is 5.56 Å². The molecule has 66 valence electrons. The van der Waals surface area contributed by atoms with Gasteiger partial charge in [-0.25, -0.2) is 5.84 Å². The average molecular weight is 175 g/mol. The van der Waals surface area contributed by atoms with Crippen molar-refractivity contribution in [2.75, 3.05) is 0 Å². The highest BCUT2D eigenvalue weighted by atomic mass is 16.2. The molecular formula is C9H9N3O. The van der Waals surface area contributed by atoms with Crippen molar-refractivity contribution in [3.8, 4) is 6.07 Å². The van der Waals surface area contributed by atoms with Crippen molar-refractivity contribution in [1.82, 2.24) is 5.43 Å². The summed E-state index contributed by atoms with van der Waals surface area (Å²) in [5.41, 5.74) is 3.73. The maximum absolute atomic E-state index is 11.0. The van der Waals surface area contributed by atoms with E-state index in [1.807, 2.05) is 18.4 Å². The lowest BCUT2D eigenvalue weighted by atomic mass is 10.1. The Morgan fingerprint density at radius 3 is 2.85 bits per heavy atom. The molecule has 0 aliphatic rings. The minimum atomic E-state index is -0.392. The highest BCUT2D eigenvalue weighted by Gasteiger charge is 2.05. The Morgan fingerprint density at radius 1 is 1.62 bits per heavy atom. The zero-order valence-corrected chi connectivity index (χ0v) is 7.16. The van der Waals surface area contributed by atoms with Gasteiger partial charge in [0.25, 0.3) is 5.91 Å². The van der Waals surface area contributed by atoms with E-state index < -0.39 is 5.91 Å². The number of hydrogen-bond acceptors (Lipinski definition) is 3. The number of nitrogen functional groups attached to an aromatic ring is 1. The van der Waals surface area contributed by atoms with Crippen molar-refractivity contribution in [1.29, 1.82) is 5.26 Å². The van der Waals surface area contributed by atoms with Crippen LogP contribution in [0.4, 0.5) is 0 Å². The first-order chi connectivity index (χ1) is 6.19. The second-order valence-corrected chi connectivity index (χ2v) is 2.61. The second kappa shape index (κ2) is 3.70. The summed E-state index contributed by atoms with van der Waals surface area (Å²) in [5.74, 6) is 4.56. The third-order valence-corrected chi connectivity index (χ3v) is 1.75. The quantitative estimate of drug-likeness (QED) is 0.370. The number of amides is 1. The topological polar surface area (TPSA) is 78.9 Å². The van der Waals surface area contributed by atoms with Crippen LogP contribution in [0.15, 0.2) is 18.2 Å². The van der Waals surface area contributed by atoms with Crippen LogP contribution in [-0.4, -0.2) is 5.91 Å². The number of aryl methyl sites for hydroxylation is 1. The van der Waals surface area contributed by atoms with Gasteiger partial charge in [0.05, 0.1) is 11.6 Å². The Bertz CT molecular complexity index is 379. The largest absolute Gasteiger partial charge is 0.290 e. The van der Waals surface area contributed by atoms with Crippen LogP contribution in [0.1, 0.15) is 21.5 Å². The Labute approximate surface area is 75.9 Å². The zero-order chi connectivity index (χ0) is 9.84. The Morgan fingerprint density at radius 2 is 2.31 bits per heavy atom. The summed E-state index contributed by atoms with van der Waals surface area (Å²) < 4.78 is 0. The first kappa shape index (κ1) is 9.23. The van der Waals surface area contributed by atoms with E-state index >= 15 is 0 Å². The summed E-state index contributed by atoms with van der Waals surface area (Å²) in [5, 5.41) is 8.68. The van der Waals surface area contributed by atoms with Crippen molar-refractivity contribution in [3.63, 3.8) is 0 Å². The number of carbonyl (C=O) groups is 1. The predicted molar refractivity (Wildman–Crippen MR) is 47.5 cm³/mol. The number of benzene rings is 1. The van der Waals surface area contributed by atoms with Gasteiger partial charge in [0, 0.05) is 5.56 Å². The highest BCUT2D eigenvalue weighted by Crippen LogP contribution is 2.09. The highest BCUT2D eigenvalue weighted by molar-refractivity contribution is 5.94. The van der Waals surface area contributed by atoms with Gasteiger partial charge in [0.2, 0.25) is 0 Å². The van der Waals surface area contributed by atoms with Gasteiger partial charge in [0.15, 0.2) is 0 Å². The number of hydrogen-bond donors (Lipinski definition) is 2. The number of nitrogens with two attached hydrogens (primary N) is 1. The molecule has 0 saturated carbocycles. The molecule has 13 heavy (non-hydrogen) atoms. The maximum atomic E-state index is 11.0. The molecule has 0 aromatic heterocycles. The fourth-order valence-corrected chi connectivity index (χ4v) is 0.967. The molecule has 1 amide bonds. The van der Waals surface area contributed by atoms with Crippen LogP contribution in [0.3, 0.4) is 0 Å². The number of rotatable bonds is 1. The molecule has 0 aliphatic heterocycles. The normalized spacial score (nSPS) is 9.00. The Balaban J connectivity index is 3.15. The lowest BCUT2D eigenvalue weighted by molar-refractivity contribution is 0.0953. The third kappa shape index (κ3) is 1.83. The smallest absolute Gasteiger partial charge is 0.265 e. The standard InChI is InChI=1S/C9H9N3O/c1-6-2-3-7(9(13)12-11)4-8(6)5-10/h2-4H,11H2,1H3,(H,12,13).